The number of aldehydes is 1. The average molecular weight is 319 g/mol. The highest BCUT2D eigenvalue weighted by molar-refractivity contribution is 7.48. The molecule has 7 nitrogen and oxygen atoms in total. The Morgan fingerprint density at radius 3 is 2.10 bits per heavy atom. The third kappa shape index (κ3) is 7.00. The Morgan fingerprint density at radius 1 is 1.19 bits per heavy atom. The van der Waals surface area contributed by atoms with Crippen molar-refractivity contribution in [3.05, 3.63) is 17.5 Å². The van der Waals surface area contributed by atoms with Gasteiger partial charge in [-0.15, -0.1) is 0 Å². The molecule has 1 heterocycles. The first-order valence-electron chi connectivity index (χ1n) is 6.49. The minimum absolute atomic E-state index is 0.136. The lowest BCUT2D eigenvalue weighted by Gasteiger charge is -2.30. The molecule has 0 amide bonds. The Morgan fingerprint density at radius 2 is 1.71 bits per heavy atom. The molecule has 0 aliphatic carbocycles. The topological polar surface area (TPSA) is 87.9 Å². The fourth-order valence-corrected chi connectivity index (χ4v) is 3.11. The van der Waals surface area contributed by atoms with Crippen molar-refractivity contribution in [2.75, 3.05) is 0 Å². The first-order valence-corrected chi connectivity index (χ1v) is 7.95. The van der Waals surface area contributed by atoms with E-state index >= 15 is 0 Å². The quantitative estimate of drug-likeness (QED) is 0.583. The molecular formula is C13H22NO6P. The van der Waals surface area contributed by atoms with Crippen molar-refractivity contribution in [1.29, 1.82) is 0 Å². The van der Waals surface area contributed by atoms with Gasteiger partial charge in [0.1, 0.15) is 12.3 Å². The zero-order valence-corrected chi connectivity index (χ0v) is 14.1. The zero-order chi connectivity index (χ0) is 16.3. The van der Waals surface area contributed by atoms with Gasteiger partial charge in [-0.1, -0.05) is 5.16 Å². The molecule has 1 rings (SSSR count). The molecule has 0 saturated heterocycles. The molecule has 0 fully saturated rings. The minimum atomic E-state index is -3.80. The van der Waals surface area contributed by atoms with E-state index < -0.39 is 19.0 Å². The van der Waals surface area contributed by atoms with Crippen LogP contribution in [0, 0.1) is 0 Å². The van der Waals surface area contributed by atoms with E-state index in [0.29, 0.717) is 6.29 Å². The molecule has 21 heavy (non-hydrogen) atoms. The van der Waals surface area contributed by atoms with Gasteiger partial charge in [0.25, 0.3) is 0 Å². The van der Waals surface area contributed by atoms with Gasteiger partial charge in [-0.3, -0.25) is 18.4 Å². The van der Waals surface area contributed by atoms with Crippen molar-refractivity contribution in [2.24, 2.45) is 0 Å². The lowest BCUT2D eigenvalue weighted by Crippen LogP contribution is -2.24. The molecule has 0 saturated carbocycles. The number of hydrogen-bond donors (Lipinski definition) is 0. The van der Waals surface area contributed by atoms with Crippen LogP contribution in [0.2, 0.25) is 0 Å². The van der Waals surface area contributed by atoms with Crippen LogP contribution < -0.4 is 0 Å². The highest BCUT2D eigenvalue weighted by Gasteiger charge is 2.37. The number of rotatable bonds is 6. The lowest BCUT2D eigenvalue weighted by atomic mass is 10.2. The molecule has 0 radical (unpaired) electrons. The van der Waals surface area contributed by atoms with Gasteiger partial charge in [0, 0.05) is 6.07 Å². The van der Waals surface area contributed by atoms with Crippen LogP contribution in [0.25, 0.3) is 0 Å². The Kier molecular flexibility index (Phi) is 5.50. The Labute approximate surface area is 124 Å². The standard InChI is InChI=1S/C13H22NO6P/c1-12(2,3)19-21(16,20-13(4,5)6)17-9-11-7-10(8-15)14-18-11/h7-8H,9H2,1-6H3. The summed E-state index contributed by atoms with van der Waals surface area (Å²) in [6, 6.07) is 1.39. The Hall–Kier alpha value is -1.01. The number of phosphoric acid groups is 1. The molecule has 1 aromatic rings. The maximum atomic E-state index is 12.7. The molecule has 0 aliphatic heterocycles. The molecule has 0 atom stereocenters. The fourth-order valence-electron chi connectivity index (χ4n) is 1.34. The fraction of sp³-hybridized carbons (Fsp3) is 0.692. The molecule has 1 aromatic heterocycles. The van der Waals surface area contributed by atoms with Gasteiger partial charge >= 0.3 is 7.82 Å². The number of carbonyl (C=O) groups is 1. The van der Waals surface area contributed by atoms with Crippen molar-refractivity contribution in [2.45, 2.75) is 59.4 Å². The monoisotopic (exact) mass is 319 g/mol. The third-order valence-corrected chi connectivity index (χ3v) is 3.82. The van der Waals surface area contributed by atoms with E-state index in [-0.39, 0.29) is 18.1 Å². The molecule has 0 aromatic carbocycles. The summed E-state index contributed by atoms with van der Waals surface area (Å²) in [4.78, 5) is 10.5. The summed E-state index contributed by atoms with van der Waals surface area (Å²) in [6.07, 6.45) is 0.546. The Bertz CT molecular complexity index is 505. The van der Waals surface area contributed by atoms with Crippen molar-refractivity contribution >= 4 is 14.1 Å². The van der Waals surface area contributed by atoms with Crippen LogP contribution in [0.15, 0.2) is 10.6 Å². The maximum absolute atomic E-state index is 12.7. The second kappa shape index (κ2) is 6.40. The normalized spacial score (nSPS) is 13.4. The van der Waals surface area contributed by atoms with Gasteiger partial charge in [-0.25, -0.2) is 4.57 Å². The summed E-state index contributed by atoms with van der Waals surface area (Å²) in [5.74, 6) is 0.257. The second-order valence-corrected chi connectivity index (χ2v) is 7.98. The third-order valence-electron chi connectivity index (χ3n) is 1.83. The first kappa shape index (κ1) is 18.0. The summed E-state index contributed by atoms with van der Waals surface area (Å²) in [5, 5.41) is 3.49. The van der Waals surface area contributed by atoms with Gasteiger partial charge in [0.15, 0.2) is 12.0 Å². The van der Waals surface area contributed by atoms with Crippen molar-refractivity contribution < 1.29 is 27.5 Å². The Balaban J connectivity index is 2.81. The van der Waals surface area contributed by atoms with Crippen molar-refractivity contribution in [1.82, 2.24) is 5.16 Å². The molecule has 8 heteroatoms. The predicted octanol–water partition coefficient (Wildman–Crippen LogP) is 3.74. The first-order chi connectivity index (χ1) is 9.42. The summed E-state index contributed by atoms with van der Waals surface area (Å²) < 4.78 is 33.7. The van der Waals surface area contributed by atoms with E-state index in [4.69, 9.17) is 18.1 Å². The summed E-state index contributed by atoms with van der Waals surface area (Å²) in [7, 11) is -3.80. The molecular weight excluding hydrogens is 297 g/mol. The highest BCUT2D eigenvalue weighted by atomic mass is 31.2. The van der Waals surface area contributed by atoms with E-state index in [1.54, 1.807) is 41.5 Å². The molecule has 0 unspecified atom stereocenters. The lowest BCUT2D eigenvalue weighted by molar-refractivity contribution is -0.00143. The van der Waals surface area contributed by atoms with E-state index in [1.165, 1.54) is 6.07 Å². The van der Waals surface area contributed by atoms with E-state index in [9.17, 15) is 9.36 Å². The molecule has 0 N–H and O–H groups in total. The van der Waals surface area contributed by atoms with Gasteiger partial charge in [0.05, 0.1) is 11.2 Å². The summed E-state index contributed by atoms with van der Waals surface area (Å²) >= 11 is 0. The van der Waals surface area contributed by atoms with Crippen LogP contribution in [-0.2, 0) is 24.7 Å². The second-order valence-electron chi connectivity index (χ2n) is 6.46. The largest absolute Gasteiger partial charge is 0.476 e. The number of aromatic nitrogens is 1. The number of phosphoric ester groups is 1. The van der Waals surface area contributed by atoms with Crippen molar-refractivity contribution in [3.8, 4) is 0 Å². The molecule has 0 aliphatic rings. The van der Waals surface area contributed by atoms with Gasteiger partial charge in [0.2, 0.25) is 0 Å². The van der Waals surface area contributed by atoms with E-state index in [1.807, 2.05) is 0 Å². The van der Waals surface area contributed by atoms with Crippen LogP contribution in [0.1, 0.15) is 57.8 Å². The molecule has 0 spiro atoms. The minimum Gasteiger partial charge on any atom is -0.358 e. The summed E-state index contributed by atoms with van der Waals surface area (Å²) in [5.41, 5.74) is -1.29. The van der Waals surface area contributed by atoms with Crippen LogP contribution in [0.3, 0.4) is 0 Å². The van der Waals surface area contributed by atoms with Crippen molar-refractivity contribution in [3.63, 3.8) is 0 Å². The average Bonchev–Trinajstić information content (AvgIpc) is 2.68. The number of hydrogen-bond acceptors (Lipinski definition) is 7. The van der Waals surface area contributed by atoms with Gasteiger partial charge < -0.3 is 4.52 Å². The van der Waals surface area contributed by atoms with Crippen LogP contribution in [-0.4, -0.2) is 22.6 Å². The van der Waals surface area contributed by atoms with E-state index in [2.05, 4.69) is 5.16 Å². The van der Waals surface area contributed by atoms with Crippen LogP contribution in [0.5, 0.6) is 0 Å². The SMILES string of the molecule is CC(C)(C)OP(=O)(OCc1cc(C=O)no1)OC(C)(C)C. The number of nitrogens with zero attached hydrogens (tertiary/aromatic N) is 1. The number of carbonyl (C=O) groups excluding carboxylic acids is 1. The maximum Gasteiger partial charge on any atom is 0.476 e. The zero-order valence-electron chi connectivity index (χ0n) is 13.2. The van der Waals surface area contributed by atoms with E-state index in [0.717, 1.165) is 0 Å². The van der Waals surface area contributed by atoms with Gasteiger partial charge in [-0.2, -0.15) is 0 Å². The predicted molar refractivity (Wildman–Crippen MR) is 76.0 cm³/mol. The highest BCUT2D eigenvalue weighted by Crippen LogP contribution is 2.55. The summed E-state index contributed by atoms with van der Waals surface area (Å²) in [6.45, 7) is 10.3. The van der Waals surface area contributed by atoms with Gasteiger partial charge in [-0.05, 0) is 41.5 Å². The molecule has 0 bridgehead atoms. The molecule has 120 valence electrons. The van der Waals surface area contributed by atoms with Crippen LogP contribution in [0.4, 0.5) is 0 Å². The van der Waals surface area contributed by atoms with Crippen LogP contribution >= 0.6 is 7.82 Å². The smallest absolute Gasteiger partial charge is 0.358 e.